The fourth-order valence-electron chi connectivity index (χ4n) is 3.19. The van der Waals surface area contributed by atoms with E-state index in [1.165, 1.54) is 17.0 Å². The number of amides is 3. The van der Waals surface area contributed by atoms with Crippen LogP contribution in [0.3, 0.4) is 0 Å². The van der Waals surface area contributed by atoms with Crippen molar-refractivity contribution in [3.8, 4) is 0 Å². The van der Waals surface area contributed by atoms with E-state index in [1.54, 1.807) is 6.92 Å². The molecule has 3 amide bonds. The van der Waals surface area contributed by atoms with E-state index in [0.29, 0.717) is 30.9 Å². The molecule has 0 fully saturated rings. The first-order valence-electron chi connectivity index (χ1n) is 10.6. The van der Waals surface area contributed by atoms with Crippen molar-refractivity contribution in [2.45, 2.75) is 65.2 Å². The van der Waals surface area contributed by atoms with Crippen LogP contribution >= 0.6 is 0 Å². The van der Waals surface area contributed by atoms with Crippen molar-refractivity contribution in [1.29, 1.82) is 0 Å². The number of carbonyl (C=O) groups excluding carboxylic acids is 2. The predicted molar refractivity (Wildman–Crippen MR) is 117 cm³/mol. The van der Waals surface area contributed by atoms with Crippen LogP contribution in [0.15, 0.2) is 24.4 Å². The Morgan fingerprint density at radius 1 is 1.18 bits per heavy atom. The summed E-state index contributed by atoms with van der Waals surface area (Å²) in [5, 5.41) is 4.11. The summed E-state index contributed by atoms with van der Waals surface area (Å²) in [6.07, 6.45) is -2.25. The molecule has 0 bridgehead atoms. The highest BCUT2D eigenvalue weighted by Crippen LogP contribution is 2.26. The minimum atomic E-state index is -4.64. The molecule has 0 spiro atoms. The zero-order valence-corrected chi connectivity index (χ0v) is 19.1. The molecule has 0 saturated carbocycles. The van der Waals surface area contributed by atoms with Gasteiger partial charge in [-0.05, 0) is 38.3 Å². The maximum atomic E-state index is 14.1. The summed E-state index contributed by atoms with van der Waals surface area (Å²) >= 11 is 0. The van der Waals surface area contributed by atoms with Gasteiger partial charge in [-0.1, -0.05) is 26.3 Å². The first-order valence-corrected chi connectivity index (χ1v) is 10.6. The van der Waals surface area contributed by atoms with Gasteiger partial charge >= 0.3 is 12.2 Å². The van der Waals surface area contributed by atoms with Crippen LogP contribution in [-0.2, 0) is 0 Å². The lowest BCUT2D eigenvalue weighted by atomic mass is 10.1. The average molecular weight is 487 g/mol. The summed E-state index contributed by atoms with van der Waals surface area (Å²) in [7, 11) is 0. The quantitative estimate of drug-likeness (QED) is 0.491. The van der Waals surface area contributed by atoms with Crippen LogP contribution in [-0.4, -0.2) is 40.2 Å². The number of pyridine rings is 2. The molecule has 0 aromatic carbocycles. The second-order valence-corrected chi connectivity index (χ2v) is 7.71. The van der Waals surface area contributed by atoms with Crippen LogP contribution in [0, 0.1) is 18.6 Å². The third kappa shape index (κ3) is 6.61. The SMILES string of the molecule is CCC[C@@H](CC)N(C(=O)Nc1ncc(F)cc1F)c1nc(C(=O)N[C@H](C)C(F)(F)F)ccc1C. The molecule has 2 heterocycles. The van der Waals surface area contributed by atoms with Crippen molar-refractivity contribution in [2.24, 2.45) is 0 Å². The lowest BCUT2D eigenvalue weighted by molar-refractivity contribution is -0.149. The minimum Gasteiger partial charge on any atom is -0.339 e. The molecule has 2 aromatic rings. The first-order chi connectivity index (χ1) is 15.9. The molecular formula is C22H26F5N5O2. The molecule has 0 unspecified atom stereocenters. The summed E-state index contributed by atoms with van der Waals surface area (Å²) < 4.78 is 65.8. The average Bonchev–Trinajstić information content (AvgIpc) is 2.75. The zero-order chi connectivity index (χ0) is 25.6. The largest absolute Gasteiger partial charge is 0.408 e. The van der Waals surface area contributed by atoms with Gasteiger partial charge in [0.2, 0.25) is 0 Å². The summed E-state index contributed by atoms with van der Waals surface area (Å²) in [6.45, 7) is 6.11. The van der Waals surface area contributed by atoms with Gasteiger partial charge in [0.25, 0.3) is 5.91 Å². The van der Waals surface area contributed by atoms with E-state index in [0.717, 1.165) is 13.1 Å². The minimum absolute atomic E-state index is 0.0210. The molecule has 0 radical (unpaired) electrons. The van der Waals surface area contributed by atoms with Gasteiger partial charge in [0.15, 0.2) is 11.6 Å². The molecule has 0 aliphatic carbocycles. The molecular weight excluding hydrogens is 461 g/mol. The molecule has 2 atom stereocenters. The number of nitrogens with one attached hydrogen (secondary N) is 2. The van der Waals surface area contributed by atoms with E-state index >= 15 is 0 Å². The Bertz CT molecular complexity index is 1030. The molecule has 12 heteroatoms. The van der Waals surface area contributed by atoms with Crippen LogP contribution in [0.5, 0.6) is 0 Å². The Kier molecular flexibility index (Phi) is 8.88. The Morgan fingerprint density at radius 3 is 2.41 bits per heavy atom. The van der Waals surface area contributed by atoms with Crippen LogP contribution < -0.4 is 15.5 Å². The number of alkyl halides is 3. The number of rotatable bonds is 8. The maximum absolute atomic E-state index is 14.1. The van der Waals surface area contributed by atoms with Crippen LogP contribution in [0.1, 0.15) is 56.1 Å². The smallest absolute Gasteiger partial charge is 0.339 e. The molecule has 186 valence electrons. The van der Waals surface area contributed by atoms with E-state index < -0.39 is 47.7 Å². The number of carbonyl (C=O) groups is 2. The maximum Gasteiger partial charge on any atom is 0.408 e. The molecule has 2 N–H and O–H groups in total. The molecule has 0 aliphatic heterocycles. The molecule has 34 heavy (non-hydrogen) atoms. The van der Waals surface area contributed by atoms with Gasteiger partial charge in [-0.15, -0.1) is 0 Å². The molecule has 0 saturated heterocycles. The molecule has 2 rings (SSSR count). The highest BCUT2D eigenvalue weighted by atomic mass is 19.4. The Hall–Kier alpha value is -3.31. The van der Waals surface area contributed by atoms with E-state index in [-0.39, 0.29) is 11.5 Å². The van der Waals surface area contributed by atoms with Gasteiger partial charge in [-0.3, -0.25) is 15.0 Å². The Labute approximate surface area is 193 Å². The fraction of sp³-hybridized carbons (Fsp3) is 0.455. The molecule has 2 aromatic heterocycles. The summed E-state index contributed by atoms with van der Waals surface area (Å²) in [4.78, 5) is 34.5. The zero-order valence-electron chi connectivity index (χ0n) is 19.1. The standard InChI is InChI=1S/C22H26F5N5O2/c1-5-7-15(6-2)32(21(34)31-18-16(24)10-14(23)11-28-18)19-12(3)8-9-17(30-19)20(33)29-13(4)22(25,26)27/h8-11,13,15H,5-7H2,1-4H3,(H,29,33)(H,28,31,34)/t13-,15-/m1/s1. The number of urea groups is 1. The van der Waals surface area contributed by atoms with E-state index in [4.69, 9.17) is 0 Å². The number of hydrogen-bond acceptors (Lipinski definition) is 4. The lowest BCUT2D eigenvalue weighted by Crippen LogP contribution is -2.45. The number of halogens is 5. The summed E-state index contributed by atoms with van der Waals surface area (Å²) in [6, 6.07) is -0.128. The third-order valence-corrected chi connectivity index (χ3v) is 5.08. The van der Waals surface area contributed by atoms with E-state index in [1.807, 2.05) is 19.2 Å². The van der Waals surface area contributed by atoms with Crippen molar-refractivity contribution in [3.05, 3.63) is 47.3 Å². The number of aromatic nitrogens is 2. The molecule has 0 aliphatic rings. The van der Waals surface area contributed by atoms with Crippen molar-refractivity contribution in [2.75, 3.05) is 10.2 Å². The van der Waals surface area contributed by atoms with Gasteiger partial charge in [0.1, 0.15) is 23.4 Å². The highest BCUT2D eigenvalue weighted by molar-refractivity contribution is 6.02. The van der Waals surface area contributed by atoms with Gasteiger partial charge in [-0.2, -0.15) is 13.2 Å². The monoisotopic (exact) mass is 487 g/mol. The Morgan fingerprint density at radius 2 is 1.85 bits per heavy atom. The first kappa shape index (κ1) is 26.9. The predicted octanol–water partition coefficient (Wildman–Crippen LogP) is 5.36. The summed E-state index contributed by atoms with van der Waals surface area (Å²) in [5.74, 6) is -3.56. The number of hydrogen-bond donors (Lipinski definition) is 2. The van der Waals surface area contributed by atoms with Crippen molar-refractivity contribution >= 4 is 23.6 Å². The Balaban J connectivity index is 2.46. The van der Waals surface area contributed by atoms with Crippen molar-refractivity contribution in [3.63, 3.8) is 0 Å². The van der Waals surface area contributed by atoms with Gasteiger partial charge in [-0.25, -0.2) is 23.5 Å². The van der Waals surface area contributed by atoms with E-state index in [9.17, 15) is 31.5 Å². The fourth-order valence-corrected chi connectivity index (χ4v) is 3.19. The number of nitrogens with zero attached hydrogens (tertiary/aromatic N) is 3. The second kappa shape index (κ2) is 11.2. The summed E-state index contributed by atoms with van der Waals surface area (Å²) in [5.41, 5.74) is 0.129. The number of anilines is 2. The van der Waals surface area contributed by atoms with Crippen molar-refractivity contribution in [1.82, 2.24) is 15.3 Å². The molecule has 7 nitrogen and oxygen atoms in total. The van der Waals surface area contributed by atoms with Gasteiger partial charge in [0, 0.05) is 12.1 Å². The lowest BCUT2D eigenvalue weighted by Gasteiger charge is -2.31. The van der Waals surface area contributed by atoms with Crippen LogP contribution in [0.4, 0.5) is 38.4 Å². The third-order valence-electron chi connectivity index (χ3n) is 5.08. The second-order valence-electron chi connectivity index (χ2n) is 7.71. The normalized spacial score (nSPS) is 13.2. The topological polar surface area (TPSA) is 87.2 Å². The van der Waals surface area contributed by atoms with Gasteiger partial charge in [0.05, 0.1) is 6.20 Å². The van der Waals surface area contributed by atoms with E-state index in [2.05, 4.69) is 15.3 Å². The van der Waals surface area contributed by atoms with Crippen LogP contribution in [0.2, 0.25) is 0 Å². The van der Waals surface area contributed by atoms with Crippen LogP contribution in [0.25, 0.3) is 0 Å². The van der Waals surface area contributed by atoms with Crippen molar-refractivity contribution < 1.29 is 31.5 Å². The highest BCUT2D eigenvalue weighted by Gasteiger charge is 2.37. The number of aryl methyl sites for hydroxylation is 1. The van der Waals surface area contributed by atoms with Gasteiger partial charge < -0.3 is 5.32 Å².